The van der Waals surface area contributed by atoms with E-state index in [2.05, 4.69) is 5.32 Å². The van der Waals surface area contributed by atoms with Crippen LogP contribution in [0.3, 0.4) is 0 Å². The third-order valence-electron chi connectivity index (χ3n) is 2.39. The summed E-state index contributed by atoms with van der Waals surface area (Å²) in [5.41, 5.74) is -3.51. The Morgan fingerprint density at radius 3 is 2.10 bits per heavy atom. The van der Waals surface area contributed by atoms with Gasteiger partial charge in [0.15, 0.2) is 0 Å². The maximum atomic E-state index is 12.7. The molecule has 20 heavy (non-hydrogen) atoms. The molecule has 1 aromatic rings. The van der Waals surface area contributed by atoms with Gasteiger partial charge in [-0.3, -0.25) is 0 Å². The lowest BCUT2D eigenvalue weighted by Crippen LogP contribution is -2.24. The highest BCUT2D eigenvalue weighted by Crippen LogP contribution is 2.39. The fourth-order valence-corrected chi connectivity index (χ4v) is 1.40. The Morgan fingerprint density at radius 2 is 1.65 bits per heavy atom. The Hall–Kier alpha value is -1.48. The van der Waals surface area contributed by atoms with Gasteiger partial charge in [-0.25, -0.2) is 0 Å². The average molecular weight is 303 g/mol. The van der Waals surface area contributed by atoms with Crippen LogP contribution in [0.1, 0.15) is 11.1 Å². The standard InChI is InChI=1S/C11H11F6NO2/c12-10(13,14)6-1-2-9(18-4-7(20)5-19)8(3-6)11(15,16)17/h1-3,7,18-20H,4-5H2. The summed E-state index contributed by atoms with van der Waals surface area (Å²) in [6, 6.07) is 1.13. The quantitative estimate of drug-likeness (QED) is 0.749. The second-order valence-corrected chi connectivity index (χ2v) is 3.97. The molecule has 0 aliphatic rings. The molecular formula is C11H11F6NO2. The van der Waals surface area contributed by atoms with Crippen molar-refractivity contribution in [2.24, 2.45) is 0 Å². The van der Waals surface area contributed by atoms with E-state index in [-0.39, 0.29) is 6.07 Å². The lowest BCUT2D eigenvalue weighted by atomic mass is 10.1. The number of aliphatic hydroxyl groups excluding tert-OH is 2. The van der Waals surface area contributed by atoms with Crippen molar-refractivity contribution >= 4 is 5.69 Å². The minimum absolute atomic E-state index is 0.00629. The Balaban J connectivity index is 3.12. The van der Waals surface area contributed by atoms with Crippen molar-refractivity contribution in [2.75, 3.05) is 18.5 Å². The Morgan fingerprint density at radius 1 is 1.05 bits per heavy atom. The molecule has 0 fully saturated rings. The van der Waals surface area contributed by atoms with Crippen LogP contribution in [-0.2, 0) is 12.4 Å². The number of nitrogens with one attached hydrogen (secondary N) is 1. The Kier molecular flexibility index (Phi) is 4.87. The first-order valence-electron chi connectivity index (χ1n) is 5.37. The van der Waals surface area contributed by atoms with Crippen LogP contribution in [0.15, 0.2) is 18.2 Å². The van der Waals surface area contributed by atoms with E-state index in [0.717, 1.165) is 0 Å². The smallest absolute Gasteiger partial charge is 0.394 e. The predicted octanol–water partition coefficient (Wildman–Crippen LogP) is 2.49. The van der Waals surface area contributed by atoms with Gasteiger partial charge in [-0.15, -0.1) is 0 Å². The molecule has 0 spiro atoms. The van der Waals surface area contributed by atoms with E-state index in [9.17, 15) is 26.3 Å². The third-order valence-corrected chi connectivity index (χ3v) is 2.39. The number of benzene rings is 1. The molecule has 0 amide bonds. The topological polar surface area (TPSA) is 52.5 Å². The van der Waals surface area contributed by atoms with Crippen molar-refractivity contribution in [2.45, 2.75) is 18.5 Å². The molecular weight excluding hydrogens is 292 g/mol. The van der Waals surface area contributed by atoms with Crippen LogP contribution in [0, 0.1) is 0 Å². The second kappa shape index (κ2) is 5.88. The van der Waals surface area contributed by atoms with Crippen LogP contribution in [0.4, 0.5) is 32.0 Å². The highest BCUT2D eigenvalue weighted by molar-refractivity contribution is 5.54. The number of hydrogen-bond acceptors (Lipinski definition) is 3. The lowest BCUT2D eigenvalue weighted by Gasteiger charge is -2.18. The van der Waals surface area contributed by atoms with Crippen molar-refractivity contribution in [1.82, 2.24) is 0 Å². The number of hydrogen-bond donors (Lipinski definition) is 3. The number of aliphatic hydroxyl groups is 2. The first-order valence-corrected chi connectivity index (χ1v) is 5.37. The van der Waals surface area contributed by atoms with Gasteiger partial charge in [-0.2, -0.15) is 26.3 Å². The van der Waals surface area contributed by atoms with Crippen molar-refractivity contribution < 1.29 is 36.6 Å². The van der Waals surface area contributed by atoms with Crippen LogP contribution >= 0.6 is 0 Å². The van der Waals surface area contributed by atoms with Gasteiger partial charge in [0.2, 0.25) is 0 Å². The SMILES string of the molecule is OCC(O)CNc1ccc(C(F)(F)F)cc1C(F)(F)F. The molecule has 1 atom stereocenters. The maximum Gasteiger partial charge on any atom is 0.418 e. The minimum atomic E-state index is -4.98. The molecule has 0 radical (unpaired) electrons. The Labute approximate surface area is 109 Å². The minimum Gasteiger partial charge on any atom is -0.394 e. The molecule has 0 aliphatic heterocycles. The van der Waals surface area contributed by atoms with Crippen LogP contribution in [-0.4, -0.2) is 29.5 Å². The first-order chi connectivity index (χ1) is 9.05. The molecule has 1 unspecified atom stereocenters. The van der Waals surface area contributed by atoms with Crippen molar-refractivity contribution in [1.29, 1.82) is 0 Å². The first kappa shape index (κ1) is 16.6. The predicted molar refractivity (Wildman–Crippen MR) is 58.0 cm³/mol. The fraction of sp³-hybridized carbons (Fsp3) is 0.455. The number of rotatable bonds is 4. The van der Waals surface area contributed by atoms with E-state index < -0.39 is 48.4 Å². The van der Waals surface area contributed by atoms with Gasteiger partial charge < -0.3 is 15.5 Å². The molecule has 114 valence electrons. The Bertz CT molecular complexity index is 457. The molecule has 9 heteroatoms. The van der Waals surface area contributed by atoms with Gasteiger partial charge in [-0.1, -0.05) is 0 Å². The zero-order chi connectivity index (χ0) is 15.6. The number of alkyl halides is 6. The largest absolute Gasteiger partial charge is 0.418 e. The summed E-state index contributed by atoms with van der Waals surface area (Å²) in [5, 5.41) is 19.7. The van der Waals surface area contributed by atoms with Crippen LogP contribution in [0.5, 0.6) is 0 Å². The van der Waals surface area contributed by atoms with Crippen LogP contribution in [0.25, 0.3) is 0 Å². The molecule has 0 aliphatic carbocycles. The van der Waals surface area contributed by atoms with Crippen molar-refractivity contribution in [3.05, 3.63) is 29.3 Å². The highest BCUT2D eigenvalue weighted by atomic mass is 19.4. The fourth-order valence-electron chi connectivity index (χ4n) is 1.40. The second-order valence-electron chi connectivity index (χ2n) is 3.97. The lowest BCUT2D eigenvalue weighted by molar-refractivity contribution is -0.142. The maximum absolute atomic E-state index is 12.7. The molecule has 0 saturated heterocycles. The summed E-state index contributed by atoms with van der Waals surface area (Å²) in [6.07, 6.45) is -11.2. The summed E-state index contributed by atoms with van der Waals surface area (Å²) < 4.78 is 75.3. The van der Waals surface area contributed by atoms with Gasteiger partial charge in [0.25, 0.3) is 0 Å². The highest BCUT2D eigenvalue weighted by Gasteiger charge is 2.38. The monoisotopic (exact) mass is 303 g/mol. The zero-order valence-electron chi connectivity index (χ0n) is 9.89. The summed E-state index contributed by atoms with van der Waals surface area (Å²) >= 11 is 0. The zero-order valence-corrected chi connectivity index (χ0v) is 9.89. The normalized spacial score (nSPS) is 14.2. The van der Waals surface area contributed by atoms with E-state index >= 15 is 0 Å². The third kappa shape index (κ3) is 4.27. The van der Waals surface area contributed by atoms with E-state index in [4.69, 9.17) is 10.2 Å². The summed E-state index contributed by atoms with van der Waals surface area (Å²) in [6.45, 7) is -1.11. The summed E-state index contributed by atoms with van der Waals surface area (Å²) in [5.74, 6) is 0. The average Bonchev–Trinajstić information content (AvgIpc) is 2.33. The van der Waals surface area contributed by atoms with E-state index in [1.54, 1.807) is 0 Å². The van der Waals surface area contributed by atoms with Gasteiger partial charge in [0, 0.05) is 12.2 Å². The number of halogens is 6. The van der Waals surface area contributed by atoms with Crippen LogP contribution < -0.4 is 5.32 Å². The van der Waals surface area contributed by atoms with Crippen LogP contribution in [0.2, 0.25) is 0 Å². The molecule has 0 bridgehead atoms. The molecule has 0 saturated carbocycles. The van der Waals surface area contributed by atoms with E-state index in [1.807, 2.05) is 0 Å². The van der Waals surface area contributed by atoms with Crippen molar-refractivity contribution in [3.8, 4) is 0 Å². The van der Waals surface area contributed by atoms with Crippen molar-refractivity contribution in [3.63, 3.8) is 0 Å². The van der Waals surface area contributed by atoms with E-state index in [1.165, 1.54) is 0 Å². The summed E-state index contributed by atoms with van der Waals surface area (Å²) in [4.78, 5) is 0. The summed E-state index contributed by atoms with van der Waals surface area (Å²) in [7, 11) is 0. The molecule has 0 aromatic heterocycles. The molecule has 3 nitrogen and oxygen atoms in total. The van der Waals surface area contributed by atoms with E-state index in [0.29, 0.717) is 12.1 Å². The van der Waals surface area contributed by atoms with Gasteiger partial charge in [0.1, 0.15) is 0 Å². The van der Waals surface area contributed by atoms with Gasteiger partial charge in [0.05, 0.1) is 23.8 Å². The van der Waals surface area contributed by atoms with Gasteiger partial charge in [-0.05, 0) is 18.2 Å². The van der Waals surface area contributed by atoms with Gasteiger partial charge >= 0.3 is 12.4 Å². The molecule has 1 aromatic carbocycles. The molecule has 3 N–H and O–H groups in total. The molecule has 0 heterocycles. The number of anilines is 1. The molecule has 1 rings (SSSR count).